The van der Waals surface area contributed by atoms with Gasteiger partial charge in [-0.2, -0.15) is 0 Å². The molecule has 0 aliphatic rings. The Balaban J connectivity index is 1.79. The van der Waals surface area contributed by atoms with Gasteiger partial charge in [0.25, 0.3) is 0 Å². The van der Waals surface area contributed by atoms with Gasteiger partial charge < -0.3 is 5.32 Å². The minimum atomic E-state index is 0.896. The summed E-state index contributed by atoms with van der Waals surface area (Å²) in [6.45, 7) is 4.03. The summed E-state index contributed by atoms with van der Waals surface area (Å²) in [7, 11) is 0. The van der Waals surface area contributed by atoms with Crippen LogP contribution in [0.2, 0.25) is 0 Å². The van der Waals surface area contributed by atoms with Crippen LogP contribution < -0.4 is 5.32 Å². The molecule has 1 N–H and O–H groups in total. The lowest BCUT2D eigenvalue weighted by molar-refractivity contribution is 0.753. The summed E-state index contributed by atoms with van der Waals surface area (Å²) < 4.78 is 0. The fourth-order valence-corrected chi connectivity index (χ4v) is 2.12. The summed E-state index contributed by atoms with van der Waals surface area (Å²) in [5.74, 6) is 0. The molecule has 0 bridgehead atoms. The van der Waals surface area contributed by atoms with Gasteiger partial charge in [0.1, 0.15) is 0 Å². The molecule has 1 heteroatoms. The molecule has 0 aliphatic carbocycles. The van der Waals surface area contributed by atoms with Crippen LogP contribution in [0, 0.1) is 0 Å². The van der Waals surface area contributed by atoms with Crippen molar-refractivity contribution < 1.29 is 0 Å². The summed E-state index contributed by atoms with van der Waals surface area (Å²) in [5, 5.41) is 3.46. The number of hydrogen-bond donors (Lipinski definition) is 1. The molecule has 0 heterocycles. The second-order valence-electron chi connectivity index (χ2n) is 4.57. The Morgan fingerprint density at radius 3 is 2.32 bits per heavy atom. The first kappa shape index (κ1) is 13.6. The van der Waals surface area contributed by atoms with Crippen molar-refractivity contribution in [1.29, 1.82) is 0 Å². The standard InChI is InChI=1S/C18H21N/c1-2-17-12-6-7-13-18(17)15-19-14-8-11-16-9-4-3-5-10-16/h3-13,19H,2,14-15H2,1H3. The van der Waals surface area contributed by atoms with Gasteiger partial charge in [0, 0.05) is 13.1 Å². The largest absolute Gasteiger partial charge is 0.309 e. The Bertz CT molecular complexity index is 514. The third-order valence-electron chi connectivity index (χ3n) is 3.19. The lowest BCUT2D eigenvalue weighted by Crippen LogP contribution is -2.14. The normalized spacial score (nSPS) is 11.0. The van der Waals surface area contributed by atoms with Crippen molar-refractivity contribution in [2.75, 3.05) is 6.54 Å². The van der Waals surface area contributed by atoms with Crippen molar-refractivity contribution in [3.05, 3.63) is 77.4 Å². The number of benzene rings is 2. The van der Waals surface area contributed by atoms with E-state index in [1.54, 1.807) is 0 Å². The Morgan fingerprint density at radius 2 is 1.58 bits per heavy atom. The highest BCUT2D eigenvalue weighted by atomic mass is 14.8. The molecule has 2 rings (SSSR count). The molecule has 98 valence electrons. The summed E-state index contributed by atoms with van der Waals surface area (Å²) in [6.07, 6.45) is 5.42. The second-order valence-corrected chi connectivity index (χ2v) is 4.57. The molecule has 0 aliphatic heterocycles. The van der Waals surface area contributed by atoms with Crippen LogP contribution in [0.3, 0.4) is 0 Å². The zero-order valence-electron chi connectivity index (χ0n) is 11.5. The molecular weight excluding hydrogens is 230 g/mol. The molecule has 2 aromatic carbocycles. The Morgan fingerprint density at radius 1 is 0.895 bits per heavy atom. The Hall–Kier alpha value is -1.86. The first-order valence-electron chi connectivity index (χ1n) is 6.89. The SMILES string of the molecule is CCc1ccccc1CNCC=Cc1ccccc1. The monoisotopic (exact) mass is 251 g/mol. The van der Waals surface area contributed by atoms with Crippen molar-refractivity contribution >= 4 is 6.08 Å². The molecular formula is C18H21N. The number of hydrogen-bond acceptors (Lipinski definition) is 1. The smallest absolute Gasteiger partial charge is 0.0211 e. The molecule has 1 nitrogen and oxygen atoms in total. The van der Waals surface area contributed by atoms with E-state index in [9.17, 15) is 0 Å². The Kier molecular flexibility index (Phi) is 5.39. The molecule has 19 heavy (non-hydrogen) atoms. The molecule has 0 aromatic heterocycles. The maximum Gasteiger partial charge on any atom is 0.0211 e. The van der Waals surface area contributed by atoms with E-state index in [1.807, 2.05) is 6.07 Å². The zero-order valence-corrected chi connectivity index (χ0v) is 11.5. The van der Waals surface area contributed by atoms with Crippen molar-refractivity contribution in [3.8, 4) is 0 Å². The fraction of sp³-hybridized carbons (Fsp3) is 0.222. The maximum atomic E-state index is 3.46. The van der Waals surface area contributed by atoms with Crippen LogP contribution in [0.15, 0.2) is 60.7 Å². The van der Waals surface area contributed by atoms with Gasteiger partial charge >= 0.3 is 0 Å². The summed E-state index contributed by atoms with van der Waals surface area (Å²) in [6, 6.07) is 19.0. The summed E-state index contributed by atoms with van der Waals surface area (Å²) in [5.41, 5.74) is 4.08. The van der Waals surface area contributed by atoms with Crippen molar-refractivity contribution in [2.24, 2.45) is 0 Å². The lowest BCUT2D eigenvalue weighted by atomic mass is 10.1. The van der Waals surface area contributed by atoms with Gasteiger partial charge in [-0.15, -0.1) is 0 Å². The van der Waals surface area contributed by atoms with Crippen LogP contribution in [0.1, 0.15) is 23.6 Å². The number of rotatable bonds is 6. The fourth-order valence-electron chi connectivity index (χ4n) is 2.12. The Labute approximate surface area is 116 Å². The summed E-state index contributed by atoms with van der Waals surface area (Å²) >= 11 is 0. The lowest BCUT2D eigenvalue weighted by Gasteiger charge is -2.07. The van der Waals surface area contributed by atoms with Crippen molar-refractivity contribution in [1.82, 2.24) is 5.32 Å². The third-order valence-corrected chi connectivity index (χ3v) is 3.19. The van der Waals surface area contributed by atoms with E-state index in [-0.39, 0.29) is 0 Å². The van der Waals surface area contributed by atoms with Gasteiger partial charge in [-0.3, -0.25) is 0 Å². The average Bonchev–Trinajstić information content (AvgIpc) is 2.48. The van der Waals surface area contributed by atoms with Crippen LogP contribution in [0.25, 0.3) is 6.08 Å². The molecule has 0 amide bonds. The molecule has 0 saturated heterocycles. The van der Waals surface area contributed by atoms with Gasteiger partial charge in [-0.1, -0.05) is 73.7 Å². The van der Waals surface area contributed by atoms with E-state index >= 15 is 0 Å². The molecule has 0 saturated carbocycles. The van der Waals surface area contributed by atoms with Crippen LogP contribution >= 0.6 is 0 Å². The van der Waals surface area contributed by atoms with Crippen LogP contribution in [-0.4, -0.2) is 6.54 Å². The maximum absolute atomic E-state index is 3.46. The molecule has 0 radical (unpaired) electrons. The van der Waals surface area contributed by atoms with Crippen molar-refractivity contribution in [3.63, 3.8) is 0 Å². The van der Waals surface area contributed by atoms with Crippen LogP contribution in [0.4, 0.5) is 0 Å². The third kappa shape index (κ3) is 4.38. The quantitative estimate of drug-likeness (QED) is 0.764. The van der Waals surface area contributed by atoms with Gasteiger partial charge in [0.2, 0.25) is 0 Å². The van der Waals surface area contributed by atoms with E-state index < -0.39 is 0 Å². The number of nitrogens with one attached hydrogen (secondary N) is 1. The minimum Gasteiger partial charge on any atom is -0.309 e. The minimum absolute atomic E-state index is 0.896. The highest BCUT2D eigenvalue weighted by Gasteiger charge is 1.97. The van der Waals surface area contributed by atoms with E-state index in [2.05, 4.69) is 72.9 Å². The summed E-state index contributed by atoms with van der Waals surface area (Å²) in [4.78, 5) is 0. The number of aryl methyl sites for hydroxylation is 1. The van der Waals surface area contributed by atoms with Gasteiger partial charge in [-0.05, 0) is 23.1 Å². The highest BCUT2D eigenvalue weighted by molar-refractivity contribution is 5.48. The van der Waals surface area contributed by atoms with Crippen molar-refractivity contribution in [2.45, 2.75) is 19.9 Å². The first-order chi connectivity index (χ1) is 9.40. The molecule has 0 fully saturated rings. The molecule has 0 unspecified atom stereocenters. The predicted molar refractivity (Wildman–Crippen MR) is 83.0 cm³/mol. The first-order valence-corrected chi connectivity index (χ1v) is 6.89. The van der Waals surface area contributed by atoms with Crippen LogP contribution in [0.5, 0.6) is 0 Å². The van der Waals surface area contributed by atoms with Crippen LogP contribution in [-0.2, 0) is 13.0 Å². The second kappa shape index (κ2) is 7.55. The van der Waals surface area contributed by atoms with E-state index in [0.29, 0.717) is 0 Å². The molecule has 0 spiro atoms. The predicted octanol–water partition coefficient (Wildman–Crippen LogP) is 4.05. The zero-order chi connectivity index (χ0) is 13.3. The molecule has 2 aromatic rings. The van der Waals surface area contributed by atoms with Gasteiger partial charge in [0.15, 0.2) is 0 Å². The topological polar surface area (TPSA) is 12.0 Å². The van der Waals surface area contributed by atoms with Gasteiger partial charge in [-0.25, -0.2) is 0 Å². The van der Waals surface area contributed by atoms with Gasteiger partial charge in [0.05, 0.1) is 0 Å². The highest BCUT2D eigenvalue weighted by Crippen LogP contribution is 2.08. The average molecular weight is 251 g/mol. The van der Waals surface area contributed by atoms with E-state index in [4.69, 9.17) is 0 Å². The van der Waals surface area contributed by atoms with E-state index in [1.165, 1.54) is 16.7 Å². The molecule has 0 atom stereocenters. The van der Waals surface area contributed by atoms with E-state index in [0.717, 1.165) is 19.5 Å².